The van der Waals surface area contributed by atoms with E-state index in [9.17, 15) is 4.79 Å². The van der Waals surface area contributed by atoms with Gasteiger partial charge in [0, 0.05) is 12.4 Å². The van der Waals surface area contributed by atoms with Gasteiger partial charge in [-0.1, -0.05) is 12.5 Å². The van der Waals surface area contributed by atoms with Crippen LogP contribution in [-0.2, 0) is 0 Å². The van der Waals surface area contributed by atoms with Gasteiger partial charge in [0.15, 0.2) is 0 Å². The van der Waals surface area contributed by atoms with Crippen LogP contribution in [0.3, 0.4) is 0 Å². The quantitative estimate of drug-likeness (QED) is 0.633. The number of unbranched alkanes of at least 4 members (excludes halogenated alkanes) is 1. The molecule has 0 amide bonds. The third-order valence-electron chi connectivity index (χ3n) is 4.20. The highest BCUT2D eigenvalue weighted by molar-refractivity contribution is 5.82. The summed E-state index contributed by atoms with van der Waals surface area (Å²) in [6, 6.07) is 0. The number of aromatic carboxylic acids is 1. The lowest BCUT2D eigenvalue weighted by Gasteiger charge is -2.28. The summed E-state index contributed by atoms with van der Waals surface area (Å²) >= 11 is 0. The Morgan fingerprint density at radius 2 is 1.95 bits per heavy atom. The van der Waals surface area contributed by atoms with Crippen molar-refractivity contribution in [3.05, 3.63) is 36.4 Å². The van der Waals surface area contributed by atoms with E-state index < -0.39 is 5.97 Å². The molecule has 1 fully saturated rings. The van der Waals surface area contributed by atoms with Crippen molar-refractivity contribution in [3.63, 3.8) is 0 Å². The molecular formula is C16H22N2O2. The van der Waals surface area contributed by atoms with Crippen LogP contribution in [0.1, 0.15) is 67.0 Å². The van der Waals surface area contributed by atoms with Gasteiger partial charge in [-0.3, -0.25) is 0 Å². The number of carboxylic acid groups (broad SMARTS) is 1. The van der Waals surface area contributed by atoms with Gasteiger partial charge in [0.25, 0.3) is 0 Å². The number of aromatic nitrogens is 2. The molecule has 1 saturated carbocycles. The summed E-state index contributed by atoms with van der Waals surface area (Å²) in [5, 5.41) is 8.79. The summed E-state index contributed by atoms with van der Waals surface area (Å²) in [5.74, 6) is 0.147. The Balaban J connectivity index is 1.84. The molecule has 20 heavy (non-hydrogen) atoms. The molecule has 4 nitrogen and oxygen atoms in total. The van der Waals surface area contributed by atoms with Crippen LogP contribution in [-0.4, -0.2) is 21.0 Å². The van der Waals surface area contributed by atoms with Crippen molar-refractivity contribution in [2.24, 2.45) is 5.92 Å². The van der Waals surface area contributed by atoms with E-state index in [0.717, 1.165) is 30.7 Å². The zero-order chi connectivity index (χ0) is 14.4. The largest absolute Gasteiger partial charge is 0.475 e. The first-order valence-electron chi connectivity index (χ1n) is 7.37. The molecule has 0 bridgehead atoms. The van der Waals surface area contributed by atoms with Gasteiger partial charge < -0.3 is 5.11 Å². The van der Waals surface area contributed by atoms with E-state index in [1.54, 1.807) is 12.4 Å². The van der Waals surface area contributed by atoms with Gasteiger partial charge in [-0.25, -0.2) is 14.8 Å². The molecule has 1 aliphatic carbocycles. The number of carbonyl (C=O) groups is 1. The van der Waals surface area contributed by atoms with Crippen LogP contribution < -0.4 is 0 Å². The lowest BCUT2D eigenvalue weighted by molar-refractivity contribution is 0.0683. The Kier molecular flexibility index (Phi) is 5.27. The molecular weight excluding hydrogens is 252 g/mol. The SMILES string of the molecule is C=CCCCC1CCC(c2cnc(C(=O)O)nc2)CC1. The second-order valence-corrected chi connectivity index (χ2v) is 5.58. The molecule has 0 radical (unpaired) electrons. The van der Waals surface area contributed by atoms with Crippen molar-refractivity contribution < 1.29 is 9.90 Å². The second-order valence-electron chi connectivity index (χ2n) is 5.58. The molecule has 1 aromatic heterocycles. The van der Waals surface area contributed by atoms with Crippen LogP contribution in [0.15, 0.2) is 25.0 Å². The molecule has 108 valence electrons. The molecule has 1 heterocycles. The van der Waals surface area contributed by atoms with E-state index in [1.807, 2.05) is 6.08 Å². The van der Waals surface area contributed by atoms with Gasteiger partial charge in [0.1, 0.15) is 0 Å². The minimum Gasteiger partial charge on any atom is -0.475 e. The summed E-state index contributed by atoms with van der Waals surface area (Å²) < 4.78 is 0. The maximum absolute atomic E-state index is 10.7. The fraction of sp³-hybridized carbons (Fsp3) is 0.562. The van der Waals surface area contributed by atoms with Crippen molar-refractivity contribution in [2.45, 2.75) is 50.9 Å². The molecule has 2 rings (SSSR count). The third-order valence-corrected chi connectivity index (χ3v) is 4.20. The zero-order valence-electron chi connectivity index (χ0n) is 11.8. The van der Waals surface area contributed by atoms with Crippen molar-refractivity contribution in [2.75, 3.05) is 0 Å². The van der Waals surface area contributed by atoms with Crippen LogP contribution in [0.25, 0.3) is 0 Å². The molecule has 0 spiro atoms. The number of rotatable bonds is 6. The normalized spacial score (nSPS) is 22.4. The zero-order valence-corrected chi connectivity index (χ0v) is 11.8. The maximum atomic E-state index is 10.7. The Bertz CT molecular complexity index is 448. The lowest BCUT2D eigenvalue weighted by atomic mass is 9.77. The third kappa shape index (κ3) is 3.89. The predicted molar refractivity (Wildman–Crippen MR) is 77.7 cm³/mol. The molecule has 0 aliphatic heterocycles. The summed E-state index contributed by atoms with van der Waals surface area (Å²) in [4.78, 5) is 18.5. The first-order valence-corrected chi connectivity index (χ1v) is 7.37. The van der Waals surface area contributed by atoms with E-state index in [-0.39, 0.29) is 5.82 Å². The number of hydrogen-bond acceptors (Lipinski definition) is 3. The fourth-order valence-electron chi connectivity index (χ4n) is 2.99. The van der Waals surface area contributed by atoms with Gasteiger partial charge in [0.2, 0.25) is 5.82 Å². The lowest BCUT2D eigenvalue weighted by Crippen LogP contribution is -2.14. The highest BCUT2D eigenvalue weighted by atomic mass is 16.4. The monoisotopic (exact) mass is 274 g/mol. The smallest absolute Gasteiger partial charge is 0.373 e. The standard InChI is InChI=1S/C16H22N2O2/c1-2-3-4-5-12-6-8-13(9-7-12)14-10-17-15(16(19)20)18-11-14/h2,10-13H,1,3-9H2,(H,19,20). The Morgan fingerprint density at radius 3 is 2.50 bits per heavy atom. The van der Waals surface area contributed by atoms with Gasteiger partial charge in [-0.15, -0.1) is 6.58 Å². The molecule has 0 aromatic carbocycles. The molecule has 0 unspecified atom stereocenters. The highest BCUT2D eigenvalue weighted by Gasteiger charge is 2.22. The molecule has 0 atom stereocenters. The van der Waals surface area contributed by atoms with E-state index in [4.69, 9.17) is 5.11 Å². The number of carboxylic acids is 1. The number of allylic oxidation sites excluding steroid dienone is 1. The van der Waals surface area contributed by atoms with Crippen molar-refractivity contribution in [1.82, 2.24) is 9.97 Å². The number of nitrogens with zero attached hydrogens (tertiary/aromatic N) is 2. The Hall–Kier alpha value is -1.71. The minimum absolute atomic E-state index is 0.119. The molecule has 1 N–H and O–H groups in total. The topological polar surface area (TPSA) is 63.1 Å². The first kappa shape index (κ1) is 14.7. The maximum Gasteiger partial charge on any atom is 0.373 e. The molecule has 0 saturated heterocycles. The predicted octanol–water partition coefficient (Wildman–Crippen LogP) is 3.80. The van der Waals surface area contributed by atoms with E-state index >= 15 is 0 Å². The summed E-state index contributed by atoms with van der Waals surface area (Å²) in [6.45, 7) is 3.76. The summed E-state index contributed by atoms with van der Waals surface area (Å²) in [7, 11) is 0. The van der Waals surface area contributed by atoms with Gasteiger partial charge >= 0.3 is 5.97 Å². The van der Waals surface area contributed by atoms with Gasteiger partial charge in [-0.05, 0) is 55.9 Å². The van der Waals surface area contributed by atoms with Crippen LogP contribution >= 0.6 is 0 Å². The number of hydrogen-bond donors (Lipinski definition) is 1. The highest BCUT2D eigenvalue weighted by Crippen LogP contribution is 2.37. The van der Waals surface area contributed by atoms with Gasteiger partial charge in [0.05, 0.1) is 0 Å². The molecule has 1 aromatic rings. The van der Waals surface area contributed by atoms with Crippen molar-refractivity contribution in [3.8, 4) is 0 Å². The van der Waals surface area contributed by atoms with Gasteiger partial charge in [-0.2, -0.15) is 0 Å². The molecule has 4 heteroatoms. The summed E-state index contributed by atoms with van der Waals surface area (Å²) in [6.07, 6.45) is 13.8. The van der Waals surface area contributed by atoms with Crippen molar-refractivity contribution in [1.29, 1.82) is 0 Å². The average Bonchev–Trinajstić information content (AvgIpc) is 2.48. The van der Waals surface area contributed by atoms with E-state index in [1.165, 1.54) is 25.7 Å². The Labute approximate surface area is 120 Å². The van der Waals surface area contributed by atoms with Crippen LogP contribution in [0.5, 0.6) is 0 Å². The van der Waals surface area contributed by atoms with Crippen LogP contribution in [0.4, 0.5) is 0 Å². The fourth-order valence-corrected chi connectivity index (χ4v) is 2.99. The minimum atomic E-state index is -1.07. The van der Waals surface area contributed by atoms with Crippen LogP contribution in [0.2, 0.25) is 0 Å². The summed E-state index contributed by atoms with van der Waals surface area (Å²) in [5.41, 5.74) is 1.08. The molecule has 1 aliphatic rings. The van der Waals surface area contributed by atoms with Crippen molar-refractivity contribution >= 4 is 5.97 Å². The van der Waals surface area contributed by atoms with E-state index in [2.05, 4.69) is 16.5 Å². The Morgan fingerprint density at radius 1 is 1.30 bits per heavy atom. The second kappa shape index (κ2) is 7.17. The average molecular weight is 274 g/mol. The van der Waals surface area contributed by atoms with E-state index in [0.29, 0.717) is 5.92 Å². The van der Waals surface area contributed by atoms with Crippen LogP contribution in [0, 0.1) is 5.92 Å². The first-order chi connectivity index (χ1) is 9.70.